The summed E-state index contributed by atoms with van der Waals surface area (Å²) in [6.07, 6.45) is 9.88. The van der Waals surface area contributed by atoms with Crippen LogP contribution in [0, 0.1) is 5.92 Å². The van der Waals surface area contributed by atoms with Crippen molar-refractivity contribution in [2.75, 3.05) is 6.61 Å². The van der Waals surface area contributed by atoms with Gasteiger partial charge in [-0.15, -0.1) is 0 Å². The third-order valence-electron chi connectivity index (χ3n) is 3.68. The molecule has 1 aromatic heterocycles. The highest BCUT2D eigenvalue weighted by atomic mass is 16.3. The van der Waals surface area contributed by atoms with Gasteiger partial charge in [-0.2, -0.15) is 0 Å². The zero-order chi connectivity index (χ0) is 11.9. The minimum absolute atomic E-state index is 0.310. The van der Waals surface area contributed by atoms with E-state index in [1.54, 1.807) is 6.20 Å². The number of aliphatic hydroxyl groups excluding tert-OH is 1. The van der Waals surface area contributed by atoms with Gasteiger partial charge in [-0.05, 0) is 30.4 Å². The molecule has 2 unspecified atom stereocenters. The SMILES string of the molecule is OCC1CCCCCC1NCc1cccnc1. The summed E-state index contributed by atoms with van der Waals surface area (Å²) in [4.78, 5) is 4.12. The average Bonchev–Trinajstić information content (AvgIpc) is 2.62. The quantitative estimate of drug-likeness (QED) is 0.784. The predicted molar refractivity (Wildman–Crippen MR) is 68.5 cm³/mol. The Balaban J connectivity index is 1.87. The molecule has 1 aliphatic carbocycles. The van der Waals surface area contributed by atoms with Gasteiger partial charge in [-0.3, -0.25) is 4.98 Å². The minimum Gasteiger partial charge on any atom is -0.396 e. The molecule has 17 heavy (non-hydrogen) atoms. The van der Waals surface area contributed by atoms with E-state index >= 15 is 0 Å². The van der Waals surface area contributed by atoms with Gasteiger partial charge in [0.15, 0.2) is 0 Å². The molecule has 1 aliphatic rings. The van der Waals surface area contributed by atoms with Crippen LogP contribution in [-0.4, -0.2) is 22.7 Å². The van der Waals surface area contributed by atoms with E-state index in [2.05, 4.69) is 16.4 Å². The summed E-state index contributed by atoms with van der Waals surface area (Å²) in [5.41, 5.74) is 1.22. The summed E-state index contributed by atoms with van der Waals surface area (Å²) >= 11 is 0. The van der Waals surface area contributed by atoms with Crippen molar-refractivity contribution in [3.63, 3.8) is 0 Å². The van der Waals surface area contributed by atoms with E-state index in [-0.39, 0.29) is 0 Å². The second-order valence-corrected chi connectivity index (χ2v) is 4.93. The molecule has 1 fully saturated rings. The van der Waals surface area contributed by atoms with Crippen LogP contribution in [0.25, 0.3) is 0 Å². The maximum Gasteiger partial charge on any atom is 0.0474 e. The number of pyridine rings is 1. The van der Waals surface area contributed by atoms with Crippen LogP contribution in [0.2, 0.25) is 0 Å². The van der Waals surface area contributed by atoms with Gasteiger partial charge in [0, 0.05) is 31.6 Å². The van der Waals surface area contributed by atoms with Crippen molar-refractivity contribution >= 4 is 0 Å². The summed E-state index contributed by atoms with van der Waals surface area (Å²) in [5, 5.41) is 13.0. The fourth-order valence-corrected chi connectivity index (χ4v) is 2.62. The van der Waals surface area contributed by atoms with Crippen molar-refractivity contribution in [2.24, 2.45) is 5.92 Å². The van der Waals surface area contributed by atoms with Crippen molar-refractivity contribution in [1.82, 2.24) is 10.3 Å². The first kappa shape index (κ1) is 12.5. The van der Waals surface area contributed by atoms with Gasteiger partial charge in [0.2, 0.25) is 0 Å². The number of nitrogens with one attached hydrogen (secondary N) is 1. The van der Waals surface area contributed by atoms with Crippen molar-refractivity contribution in [2.45, 2.75) is 44.7 Å². The van der Waals surface area contributed by atoms with E-state index in [1.807, 2.05) is 12.3 Å². The molecule has 2 N–H and O–H groups in total. The molecule has 2 rings (SSSR count). The second-order valence-electron chi connectivity index (χ2n) is 4.93. The molecule has 0 spiro atoms. The van der Waals surface area contributed by atoms with Crippen LogP contribution in [0.15, 0.2) is 24.5 Å². The van der Waals surface area contributed by atoms with E-state index in [0.717, 1.165) is 13.0 Å². The van der Waals surface area contributed by atoms with Crippen LogP contribution in [-0.2, 0) is 6.54 Å². The van der Waals surface area contributed by atoms with Crippen LogP contribution < -0.4 is 5.32 Å². The monoisotopic (exact) mass is 234 g/mol. The number of aromatic nitrogens is 1. The largest absolute Gasteiger partial charge is 0.396 e. The summed E-state index contributed by atoms with van der Waals surface area (Å²) < 4.78 is 0. The summed E-state index contributed by atoms with van der Waals surface area (Å²) in [5.74, 6) is 0.425. The minimum atomic E-state index is 0.310. The predicted octanol–water partition coefficient (Wildman–Crippen LogP) is 2.11. The third kappa shape index (κ3) is 3.79. The van der Waals surface area contributed by atoms with Gasteiger partial charge in [-0.25, -0.2) is 0 Å². The third-order valence-corrected chi connectivity index (χ3v) is 3.68. The van der Waals surface area contributed by atoms with Crippen LogP contribution in [0.1, 0.15) is 37.7 Å². The number of aliphatic hydroxyl groups is 1. The Bertz CT molecular complexity index is 315. The van der Waals surface area contributed by atoms with Crippen LogP contribution >= 0.6 is 0 Å². The number of nitrogens with zero attached hydrogens (tertiary/aromatic N) is 1. The van der Waals surface area contributed by atoms with E-state index in [0.29, 0.717) is 18.6 Å². The van der Waals surface area contributed by atoms with Gasteiger partial charge in [0.25, 0.3) is 0 Å². The fourth-order valence-electron chi connectivity index (χ4n) is 2.62. The Kier molecular flexibility index (Phi) is 4.95. The van der Waals surface area contributed by atoms with Crippen molar-refractivity contribution in [3.05, 3.63) is 30.1 Å². The van der Waals surface area contributed by atoms with Crippen molar-refractivity contribution < 1.29 is 5.11 Å². The summed E-state index contributed by atoms with van der Waals surface area (Å²) in [6.45, 7) is 1.17. The van der Waals surface area contributed by atoms with E-state index in [4.69, 9.17) is 0 Å². The summed E-state index contributed by atoms with van der Waals surface area (Å²) in [7, 11) is 0. The molecule has 94 valence electrons. The number of rotatable bonds is 4. The maximum atomic E-state index is 9.43. The molecule has 1 heterocycles. The molecule has 0 aromatic carbocycles. The highest BCUT2D eigenvalue weighted by Crippen LogP contribution is 2.23. The molecule has 3 heteroatoms. The molecule has 1 aromatic rings. The highest BCUT2D eigenvalue weighted by Gasteiger charge is 2.22. The number of hydrogen-bond acceptors (Lipinski definition) is 3. The fraction of sp³-hybridized carbons (Fsp3) is 0.643. The van der Waals surface area contributed by atoms with Crippen LogP contribution in [0.4, 0.5) is 0 Å². The molecule has 0 aliphatic heterocycles. The van der Waals surface area contributed by atoms with Gasteiger partial charge in [0.05, 0.1) is 0 Å². The molecule has 1 saturated carbocycles. The Morgan fingerprint density at radius 3 is 2.94 bits per heavy atom. The first-order chi connectivity index (χ1) is 8.40. The van der Waals surface area contributed by atoms with Gasteiger partial charge < -0.3 is 10.4 Å². The lowest BCUT2D eigenvalue weighted by molar-refractivity contribution is 0.181. The second kappa shape index (κ2) is 6.72. The standard InChI is InChI=1S/C14H22N2O/c17-11-13-6-2-1-3-7-14(13)16-10-12-5-4-8-15-9-12/h4-5,8-9,13-14,16-17H,1-3,6-7,10-11H2. The zero-order valence-electron chi connectivity index (χ0n) is 10.3. The Morgan fingerprint density at radius 2 is 2.18 bits per heavy atom. The first-order valence-corrected chi connectivity index (χ1v) is 6.63. The molecule has 0 bridgehead atoms. The van der Waals surface area contributed by atoms with Gasteiger partial charge >= 0.3 is 0 Å². The average molecular weight is 234 g/mol. The molecule has 2 atom stereocenters. The van der Waals surface area contributed by atoms with Crippen LogP contribution in [0.5, 0.6) is 0 Å². The first-order valence-electron chi connectivity index (χ1n) is 6.63. The zero-order valence-corrected chi connectivity index (χ0v) is 10.3. The lowest BCUT2D eigenvalue weighted by atomic mass is 9.95. The maximum absolute atomic E-state index is 9.43. The summed E-state index contributed by atoms with van der Waals surface area (Å²) in [6, 6.07) is 4.51. The molecule has 0 saturated heterocycles. The topological polar surface area (TPSA) is 45.1 Å². The van der Waals surface area contributed by atoms with E-state index in [1.165, 1.54) is 31.2 Å². The van der Waals surface area contributed by atoms with E-state index in [9.17, 15) is 5.11 Å². The Hall–Kier alpha value is -0.930. The number of hydrogen-bond donors (Lipinski definition) is 2. The van der Waals surface area contributed by atoms with E-state index < -0.39 is 0 Å². The van der Waals surface area contributed by atoms with Gasteiger partial charge in [-0.1, -0.05) is 25.3 Å². The lowest BCUT2D eigenvalue weighted by Gasteiger charge is -2.24. The van der Waals surface area contributed by atoms with Crippen molar-refractivity contribution in [3.8, 4) is 0 Å². The Morgan fingerprint density at radius 1 is 1.29 bits per heavy atom. The lowest BCUT2D eigenvalue weighted by Crippen LogP contribution is -2.36. The van der Waals surface area contributed by atoms with Gasteiger partial charge in [0.1, 0.15) is 0 Å². The van der Waals surface area contributed by atoms with Crippen molar-refractivity contribution in [1.29, 1.82) is 0 Å². The molecular weight excluding hydrogens is 212 g/mol. The molecule has 3 nitrogen and oxygen atoms in total. The molecule has 0 radical (unpaired) electrons. The highest BCUT2D eigenvalue weighted by molar-refractivity contribution is 5.08. The molecular formula is C14H22N2O. The Labute approximate surface area is 103 Å². The smallest absolute Gasteiger partial charge is 0.0474 e. The normalized spacial score (nSPS) is 25.5. The van der Waals surface area contributed by atoms with Crippen LogP contribution in [0.3, 0.4) is 0 Å². The molecule has 0 amide bonds.